The average Bonchev–Trinajstić information content (AvgIpc) is 2.84. The van der Waals surface area contributed by atoms with Gasteiger partial charge in [0, 0.05) is 39.1 Å². The van der Waals surface area contributed by atoms with Gasteiger partial charge in [0.1, 0.15) is 0 Å². The molecule has 1 fully saturated rings. The van der Waals surface area contributed by atoms with Crippen LogP contribution in [-0.4, -0.2) is 61.2 Å². The number of anilines is 1. The van der Waals surface area contributed by atoms with E-state index in [1.807, 2.05) is 0 Å². The molecule has 1 atom stereocenters. The molecule has 8 heteroatoms. The monoisotopic (exact) mass is 298 g/mol. The first-order chi connectivity index (χ1) is 10.1. The van der Waals surface area contributed by atoms with Crippen molar-refractivity contribution in [3.8, 4) is 5.88 Å². The minimum absolute atomic E-state index is 0.100. The van der Waals surface area contributed by atoms with E-state index in [0.717, 1.165) is 6.20 Å². The molecule has 1 amide bonds. The van der Waals surface area contributed by atoms with E-state index in [2.05, 4.69) is 15.3 Å². The normalized spacial score (nSPS) is 18.1. The fourth-order valence-corrected chi connectivity index (χ4v) is 2.22. The Morgan fingerprint density at radius 1 is 1.52 bits per heavy atom. The SMILES string of the molecule is COCCN1C[C@H](CNc2ncc(F)c(OC)n2)CC1=O. The van der Waals surface area contributed by atoms with Crippen LogP contribution >= 0.6 is 0 Å². The Labute approximate surface area is 122 Å². The van der Waals surface area contributed by atoms with Crippen LogP contribution in [0.3, 0.4) is 0 Å². The smallest absolute Gasteiger partial charge is 0.255 e. The van der Waals surface area contributed by atoms with Crippen LogP contribution in [0.5, 0.6) is 5.88 Å². The lowest BCUT2D eigenvalue weighted by molar-refractivity contribution is -0.128. The van der Waals surface area contributed by atoms with Gasteiger partial charge in [0.25, 0.3) is 5.88 Å². The molecule has 2 rings (SSSR count). The summed E-state index contributed by atoms with van der Waals surface area (Å²) in [6.45, 7) is 2.36. The molecule has 1 saturated heterocycles. The first-order valence-electron chi connectivity index (χ1n) is 6.71. The van der Waals surface area contributed by atoms with Gasteiger partial charge in [-0.2, -0.15) is 9.37 Å². The third-order valence-corrected chi connectivity index (χ3v) is 3.31. The van der Waals surface area contributed by atoms with Crippen molar-refractivity contribution in [2.24, 2.45) is 5.92 Å². The number of aromatic nitrogens is 2. The maximum Gasteiger partial charge on any atom is 0.255 e. The molecule has 0 saturated carbocycles. The fraction of sp³-hybridized carbons (Fsp3) is 0.615. The minimum atomic E-state index is -0.607. The highest BCUT2D eigenvalue weighted by molar-refractivity contribution is 5.78. The van der Waals surface area contributed by atoms with Crippen LogP contribution in [0.4, 0.5) is 10.3 Å². The second-order valence-corrected chi connectivity index (χ2v) is 4.83. The number of ether oxygens (including phenoxy) is 2. The molecule has 0 radical (unpaired) electrons. The summed E-state index contributed by atoms with van der Waals surface area (Å²) in [7, 11) is 2.96. The van der Waals surface area contributed by atoms with E-state index in [-0.39, 0.29) is 23.7 Å². The van der Waals surface area contributed by atoms with Crippen LogP contribution in [0.25, 0.3) is 0 Å². The average molecular weight is 298 g/mol. The molecule has 1 aromatic rings. The molecule has 116 valence electrons. The summed E-state index contributed by atoms with van der Waals surface area (Å²) >= 11 is 0. The van der Waals surface area contributed by atoms with Crippen molar-refractivity contribution < 1.29 is 18.7 Å². The van der Waals surface area contributed by atoms with E-state index in [1.165, 1.54) is 7.11 Å². The molecule has 0 aromatic carbocycles. The zero-order valence-corrected chi connectivity index (χ0v) is 12.1. The molecule has 0 unspecified atom stereocenters. The second-order valence-electron chi connectivity index (χ2n) is 4.83. The number of nitrogens with zero attached hydrogens (tertiary/aromatic N) is 3. The van der Waals surface area contributed by atoms with Gasteiger partial charge in [-0.1, -0.05) is 0 Å². The van der Waals surface area contributed by atoms with Crippen LogP contribution in [-0.2, 0) is 9.53 Å². The summed E-state index contributed by atoms with van der Waals surface area (Å²) in [4.78, 5) is 21.3. The Bertz CT molecular complexity index is 500. The van der Waals surface area contributed by atoms with E-state index in [0.29, 0.717) is 32.7 Å². The third kappa shape index (κ3) is 4.01. The number of hydrogen-bond acceptors (Lipinski definition) is 6. The Hall–Kier alpha value is -1.96. The number of rotatable bonds is 7. The predicted molar refractivity (Wildman–Crippen MR) is 73.6 cm³/mol. The van der Waals surface area contributed by atoms with Crippen molar-refractivity contribution in [2.75, 3.05) is 45.8 Å². The highest BCUT2D eigenvalue weighted by atomic mass is 19.1. The van der Waals surface area contributed by atoms with Crippen molar-refractivity contribution in [1.82, 2.24) is 14.9 Å². The van der Waals surface area contributed by atoms with Crippen LogP contribution < -0.4 is 10.1 Å². The number of hydrogen-bond donors (Lipinski definition) is 1. The van der Waals surface area contributed by atoms with Gasteiger partial charge in [0.2, 0.25) is 17.7 Å². The summed E-state index contributed by atoms with van der Waals surface area (Å²) < 4.78 is 23.0. The predicted octanol–water partition coefficient (Wildman–Crippen LogP) is 0.531. The van der Waals surface area contributed by atoms with E-state index >= 15 is 0 Å². The van der Waals surface area contributed by atoms with Gasteiger partial charge in [-0.3, -0.25) is 4.79 Å². The number of nitrogens with one attached hydrogen (secondary N) is 1. The summed E-state index contributed by atoms with van der Waals surface area (Å²) in [5, 5.41) is 3.01. The maximum atomic E-state index is 13.2. The third-order valence-electron chi connectivity index (χ3n) is 3.31. The zero-order valence-electron chi connectivity index (χ0n) is 12.1. The molecule has 0 spiro atoms. The molecule has 1 N–H and O–H groups in total. The highest BCUT2D eigenvalue weighted by Gasteiger charge is 2.29. The molecule has 0 aliphatic carbocycles. The molecule has 21 heavy (non-hydrogen) atoms. The number of amides is 1. The lowest BCUT2D eigenvalue weighted by atomic mass is 10.1. The summed E-state index contributed by atoms with van der Waals surface area (Å²) in [5.41, 5.74) is 0. The Balaban J connectivity index is 1.85. The molecule has 1 aliphatic heterocycles. The second kappa shape index (κ2) is 7.16. The van der Waals surface area contributed by atoms with Gasteiger partial charge in [-0.15, -0.1) is 0 Å². The quantitative estimate of drug-likeness (QED) is 0.791. The van der Waals surface area contributed by atoms with Crippen LogP contribution in [0.2, 0.25) is 0 Å². The number of methoxy groups -OCH3 is 2. The molecule has 1 aromatic heterocycles. The zero-order chi connectivity index (χ0) is 15.2. The van der Waals surface area contributed by atoms with Crippen molar-refractivity contribution >= 4 is 11.9 Å². The molecule has 2 heterocycles. The topological polar surface area (TPSA) is 76.6 Å². The van der Waals surface area contributed by atoms with Gasteiger partial charge in [0.15, 0.2) is 0 Å². The fourth-order valence-electron chi connectivity index (χ4n) is 2.22. The van der Waals surface area contributed by atoms with E-state index in [4.69, 9.17) is 9.47 Å². The molecule has 7 nitrogen and oxygen atoms in total. The van der Waals surface area contributed by atoms with Gasteiger partial charge >= 0.3 is 0 Å². The number of carbonyl (C=O) groups is 1. The van der Waals surface area contributed by atoms with Crippen molar-refractivity contribution in [1.29, 1.82) is 0 Å². The summed E-state index contributed by atoms with van der Waals surface area (Å²) in [5.74, 6) is -0.122. The van der Waals surface area contributed by atoms with Crippen molar-refractivity contribution in [3.63, 3.8) is 0 Å². The summed E-state index contributed by atoms with van der Waals surface area (Å²) in [6.07, 6.45) is 1.54. The van der Waals surface area contributed by atoms with Crippen molar-refractivity contribution in [3.05, 3.63) is 12.0 Å². The first-order valence-corrected chi connectivity index (χ1v) is 6.71. The van der Waals surface area contributed by atoms with Crippen LogP contribution in [0.1, 0.15) is 6.42 Å². The van der Waals surface area contributed by atoms with E-state index in [1.54, 1.807) is 12.0 Å². The Kier molecular flexibility index (Phi) is 5.26. The molecule has 1 aliphatic rings. The van der Waals surface area contributed by atoms with E-state index in [9.17, 15) is 9.18 Å². The lowest BCUT2D eigenvalue weighted by Gasteiger charge is -2.16. The van der Waals surface area contributed by atoms with Gasteiger partial charge in [-0.05, 0) is 0 Å². The number of carbonyl (C=O) groups excluding carboxylic acids is 1. The largest absolute Gasteiger partial charge is 0.479 e. The van der Waals surface area contributed by atoms with E-state index < -0.39 is 5.82 Å². The van der Waals surface area contributed by atoms with Gasteiger partial charge in [-0.25, -0.2) is 4.98 Å². The number of likely N-dealkylation sites (tertiary alicyclic amines) is 1. The summed E-state index contributed by atoms with van der Waals surface area (Å²) in [6, 6.07) is 0. The lowest BCUT2D eigenvalue weighted by Crippen LogP contribution is -2.29. The van der Waals surface area contributed by atoms with Crippen molar-refractivity contribution in [2.45, 2.75) is 6.42 Å². The minimum Gasteiger partial charge on any atom is -0.479 e. The maximum absolute atomic E-state index is 13.2. The molecule has 0 bridgehead atoms. The van der Waals surface area contributed by atoms with Crippen LogP contribution in [0, 0.1) is 11.7 Å². The van der Waals surface area contributed by atoms with Crippen LogP contribution in [0.15, 0.2) is 6.20 Å². The Morgan fingerprint density at radius 3 is 3.05 bits per heavy atom. The first kappa shape index (κ1) is 15.4. The highest BCUT2D eigenvalue weighted by Crippen LogP contribution is 2.19. The van der Waals surface area contributed by atoms with Gasteiger partial charge in [0.05, 0.1) is 19.9 Å². The Morgan fingerprint density at radius 2 is 2.33 bits per heavy atom. The molecular formula is C13H19FN4O3. The molecular weight excluding hydrogens is 279 g/mol. The standard InChI is InChI=1S/C13H19FN4O3/c1-20-4-3-18-8-9(5-11(18)19)6-15-13-16-7-10(14)12(17-13)21-2/h7,9H,3-6,8H2,1-2H3,(H,15,16,17)/t9-/m0/s1. The number of halogens is 1. The van der Waals surface area contributed by atoms with Gasteiger partial charge < -0.3 is 19.7 Å².